The fraction of sp³-hybridized carbons (Fsp3) is 0.238. The lowest BCUT2D eigenvalue weighted by atomic mass is 10.1. The van der Waals surface area contributed by atoms with Crippen LogP contribution in [0.15, 0.2) is 50.5 Å². The second kappa shape index (κ2) is 6.60. The molecule has 0 unspecified atom stereocenters. The highest BCUT2D eigenvalue weighted by Crippen LogP contribution is 2.25. The molecule has 0 saturated carbocycles. The van der Waals surface area contributed by atoms with E-state index in [1.165, 1.54) is 10.1 Å². The van der Waals surface area contributed by atoms with E-state index in [-0.39, 0.29) is 6.04 Å². The van der Waals surface area contributed by atoms with Crippen LogP contribution < -0.4 is 11.1 Å². The van der Waals surface area contributed by atoms with Crippen molar-refractivity contribution in [3.05, 3.63) is 68.2 Å². The maximum atomic E-state index is 12.2. The molecule has 0 aliphatic heterocycles. The van der Waals surface area contributed by atoms with Crippen LogP contribution in [-0.2, 0) is 0 Å². The molecule has 28 heavy (non-hydrogen) atoms. The third-order valence-electron chi connectivity index (χ3n) is 4.87. The Morgan fingerprint density at radius 2 is 1.75 bits per heavy atom. The van der Waals surface area contributed by atoms with Crippen molar-refractivity contribution < 1.29 is 4.52 Å². The van der Waals surface area contributed by atoms with Gasteiger partial charge in [-0.3, -0.25) is 14.2 Å². The van der Waals surface area contributed by atoms with Gasteiger partial charge in [-0.1, -0.05) is 11.2 Å². The lowest BCUT2D eigenvalue weighted by Crippen LogP contribution is -2.37. The van der Waals surface area contributed by atoms with Crippen molar-refractivity contribution in [2.75, 3.05) is 0 Å². The van der Waals surface area contributed by atoms with Crippen molar-refractivity contribution in [3.63, 3.8) is 0 Å². The normalized spacial score (nSPS) is 11.5. The van der Waals surface area contributed by atoms with Gasteiger partial charge < -0.3 is 9.51 Å². The van der Waals surface area contributed by atoms with Crippen LogP contribution in [0.3, 0.4) is 0 Å². The molecule has 0 aliphatic rings. The first-order valence-electron chi connectivity index (χ1n) is 9.05. The number of aryl methyl sites for hydroxylation is 2. The molecule has 1 N–H and O–H groups in total. The van der Waals surface area contributed by atoms with Crippen molar-refractivity contribution in [1.29, 1.82) is 0 Å². The van der Waals surface area contributed by atoms with Crippen LogP contribution >= 0.6 is 0 Å². The van der Waals surface area contributed by atoms with Crippen molar-refractivity contribution in [3.8, 4) is 22.8 Å². The predicted octanol–water partition coefficient (Wildman–Crippen LogP) is 3.60. The van der Waals surface area contributed by atoms with Gasteiger partial charge >= 0.3 is 11.1 Å². The number of nitrogens with one attached hydrogen (secondary N) is 1. The van der Waals surface area contributed by atoms with E-state index in [0.717, 1.165) is 11.1 Å². The Balaban J connectivity index is 1.81. The lowest BCUT2D eigenvalue weighted by molar-refractivity contribution is 0.432. The molecular weight excluding hydrogens is 356 g/mol. The van der Waals surface area contributed by atoms with Crippen molar-refractivity contribution in [1.82, 2.24) is 19.7 Å². The summed E-state index contributed by atoms with van der Waals surface area (Å²) in [5.41, 5.74) is 3.87. The summed E-state index contributed by atoms with van der Waals surface area (Å²) in [6.45, 7) is 7.81. The Labute approximate surface area is 160 Å². The SMILES string of the molecule is Cc1ccc(-c2nc(-c3ccc4c(c3)[nH]c(=O)c(=O)n4C(C)C)no2)cc1C. The van der Waals surface area contributed by atoms with Gasteiger partial charge in [-0.05, 0) is 69.2 Å². The monoisotopic (exact) mass is 376 g/mol. The molecule has 4 rings (SSSR count). The second-order valence-electron chi connectivity index (χ2n) is 7.18. The summed E-state index contributed by atoms with van der Waals surface area (Å²) >= 11 is 0. The Kier molecular flexibility index (Phi) is 4.22. The molecule has 0 saturated heterocycles. The lowest BCUT2D eigenvalue weighted by Gasteiger charge is -2.13. The molecule has 2 aromatic carbocycles. The molecular formula is C21H20N4O3. The van der Waals surface area contributed by atoms with Gasteiger partial charge in [-0.15, -0.1) is 0 Å². The number of H-pyrrole nitrogens is 1. The molecule has 7 nitrogen and oxygen atoms in total. The minimum absolute atomic E-state index is 0.135. The Bertz CT molecular complexity index is 1310. The molecule has 142 valence electrons. The first-order chi connectivity index (χ1) is 13.3. The fourth-order valence-corrected chi connectivity index (χ4v) is 3.23. The van der Waals surface area contributed by atoms with E-state index in [4.69, 9.17) is 4.52 Å². The average molecular weight is 376 g/mol. The Hall–Kier alpha value is -3.48. The number of fused-ring (bicyclic) bond motifs is 1. The Morgan fingerprint density at radius 1 is 1.00 bits per heavy atom. The van der Waals surface area contributed by atoms with Crippen LogP contribution in [0.25, 0.3) is 33.9 Å². The molecule has 0 fully saturated rings. The molecule has 0 amide bonds. The highest BCUT2D eigenvalue weighted by atomic mass is 16.5. The van der Waals surface area contributed by atoms with Gasteiger partial charge in [0.25, 0.3) is 5.89 Å². The summed E-state index contributed by atoms with van der Waals surface area (Å²) in [6.07, 6.45) is 0. The first-order valence-corrected chi connectivity index (χ1v) is 9.05. The number of aromatic amines is 1. The van der Waals surface area contributed by atoms with E-state index in [1.807, 2.05) is 52.0 Å². The molecule has 0 atom stereocenters. The molecule has 0 aliphatic carbocycles. The number of aromatic nitrogens is 4. The smallest absolute Gasteiger partial charge is 0.316 e. The quantitative estimate of drug-likeness (QED) is 0.551. The molecule has 7 heteroatoms. The first kappa shape index (κ1) is 17.9. The van der Waals surface area contributed by atoms with Gasteiger partial charge in [0.15, 0.2) is 0 Å². The van der Waals surface area contributed by atoms with Crippen LogP contribution in [0.2, 0.25) is 0 Å². The molecule has 2 heterocycles. The standard InChI is InChI=1S/C21H20N4O3/c1-11(2)25-17-8-7-14(10-16(17)22-19(26)21(25)27)18-23-20(28-24-18)15-6-5-12(3)13(4)9-15/h5-11H,1-4H3,(H,22,26). The topological polar surface area (TPSA) is 93.8 Å². The van der Waals surface area contributed by atoms with Gasteiger partial charge in [0, 0.05) is 17.2 Å². The van der Waals surface area contributed by atoms with Gasteiger partial charge in [-0.2, -0.15) is 4.98 Å². The highest BCUT2D eigenvalue weighted by Gasteiger charge is 2.15. The third-order valence-corrected chi connectivity index (χ3v) is 4.87. The summed E-state index contributed by atoms with van der Waals surface area (Å²) < 4.78 is 6.91. The number of hydrogen-bond acceptors (Lipinski definition) is 5. The summed E-state index contributed by atoms with van der Waals surface area (Å²) in [4.78, 5) is 31.3. The summed E-state index contributed by atoms with van der Waals surface area (Å²) in [6, 6.07) is 11.2. The van der Waals surface area contributed by atoms with E-state index in [1.54, 1.807) is 12.1 Å². The molecule has 4 aromatic rings. The summed E-state index contributed by atoms with van der Waals surface area (Å²) in [5, 5.41) is 4.07. The van der Waals surface area contributed by atoms with E-state index in [2.05, 4.69) is 15.1 Å². The minimum Gasteiger partial charge on any atom is -0.334 e. The van der Waals surface area contributed by atoms with Crippen molar-refractivity contribution in [2.24, 2.45) is 0 Å². The molecule has 0 radical (unpaired) electrons. The average Bonchev–Trinajstić information content (AvgIpc) is 3.14. The van der Waals surface area contributed by atoms with Gasteiger partial charge in [-0.25, -0.2) is 0 Å². The molecule has 0 bridgehead atoms. The Morgan fingerprint density at radius 3 is 2.46 bits per heavy atom. The molecule has 2 aromatic heterocycles. The van der Waals surface area contributed by atoms with Gasteiger partial charge in [0.1, 0.15) is 0 Å². The van der Waals surface area contributed by atoms with E-state index in [9.17, 15) is 9.59 Å². The van der Waals surface area contributed by atoms with Crippen LogP contribution in [-0.4, -0.2) is 19.7 Å². The zero-order valence-electron chi connectivity index (χ0n) is 16.1. The highest BCUT2D eigenvalue weighted by molar-refractivity contribution is 5.80. The summed E-state index contributed by atoms with van der Waals surface area (Å²) in [7, 11) is 0. The van der Waals surface area contributed by atoms with E-state index < -0.39 is 11.1 Å². The van der Waals surface area contributed by atoms with Crippen LogP contribution in [0.5, 0.6) is 0 Å². The maximum Gasteiger partial charge on any atom is 0.316 e. The van der Waals surface area contributed by atoms with Crippen LogP contribution in [0.4, 0.5) is 0 Å². The zero-order valence-corrected chi connectivity index (χ0v) is 16.1. The maximum absolute atomic E-state index is 12.2. The number of nitrogens with zero attached hydrogens (tertiary/aromatic N) is 3. The van der Waals surface area contributed by atoms with E-state index >= 15 is 0 Å². The largest absolute Gasteiger partial charge is 0.334 e. The van der Waals surface area contributed by atoms with Crippen molar-refractivity contribution in [2.45, 2.75) is 33.7 Å². The zero-order chi connectivity index (χ0) is 20.0. The predicted molar refractivity (Wildman–Crippen MR) is 107 cm³/mol. The van der Waals surface area contributed by atoms with Gasteiger partial charge in [0.05, 0.1) is 11.0 Å². The second-order valence-corrected chi connectivity index (χ2v) is 7.18. The number of rotatable bonds is 3. The fourth-order valence-electron chi connectivity index (χ4n) is 3.23. The minimum atomic E-state index is -0.651. The number of hydrogen-bond donors (Lipinski definition) is 1. The van der Waals surface area contributed by atoms with E-state index in [0.29, 0.717) is 28.3 Å². The van der Waals surface area contributed by atoms with Crippen molar-refractivity contribution >= 4 is 11.0 Å². The summed E-state index contributed by atoms with van der Waals surface area (Å²) in [5.74, 6) is 0.845. The van der Waals surface area contributed by atoms with Crippen LogP contribution in [0, 0.1) is 13.8 Å². The third kappa shape index (κ3) is 2.94. The molecule has 0 spiro atoms. The number of benzene rings is 2. The van der Waals surface area contributed by atoms with Gasteiger partial charge in [0.2, 0.25) is 5.82 Å². The van der Waals surface area contributed by atoms with Crippen LogP contribution in [0.1, 0.15) is 31.0 Å².